The van der Waals surface area contributed by atoms with Crippen molar-refractivity contribution in [2.75, 3.05) is 13.1 Å². The molecule has 1 saturated heterocycles. The number of hydrogen-bond donors (Lipinski definition) is 2. The summed E-state index contributed by atoms with van der Waals surface area (Å²) in [5.74, 6) is 0.839. The third-order valence-electron chi connectivity index (χ3n) is 5.91. The second-order valence-corrected chi connectivity index (χ2v) is 7.47. The number of likely N-dealkylation sites (tertiary alicyclic amines) is 1. The first-order valence-electron chi connectivity index (χ1n) is 9.17. The summed E-state index contributed by atoms with van der Waals surface area (Å²) in [7, 11) is 0. The lowest BCUT2D eigenvalue weighted by atomic mass is 9.87. The number of carbonyl (C=O) groups excluding carboxylic acids is 1. The number of hydrogen-bond acceptors (Lipinski definition) is 2. The van der Waals surface area contributed by atoms with Crippen LogP contribution in [0.2, 0.25) is 0 Å². The van der Waals surface area contributed by atoms with E-state index in [2.05, 4.69) is 36.2 Å². The van der Waals surface area contributed by atoms with Crippen LogP contribution in [0.4, 0.5) is 0 Å². The van der Waals surface area contributed by atoms with Gasteiger partial charge in [0.2, 0.25) is 5.91 Å². The lowest BCUT2D eigenvalue weighted by Gasteiger charge is -2.34. The lowest BCUT2D eigenvalue weighted by molar-refractivity contribution is -0.136. The van der Waals surface area contributed by atoms with Crippen LogP contribution in [0, 0.1) is 12.8 Å². The Kier molecular flexibility index (Phi) is 4.09. The standard InChI is InChI=1S/C20H26N2O2/c1-13-19(17-4-2-3-5-18(17)21-13)14-8-10-22(11-9-14)20(24)15-6-7-16(23)12-15/h2-5,14-16,21,23H,6-12H2,1H3/t15-,16-/m1/s1. The fourth-order valence-electron chi connectivity index (χ4n) is 4.65. The largest absolute Gasteiger partial charge is 0.393 e. The number of H-pyrrole nitrogens is 1. The minimum atomic E-state index is -0.273. The Bertz CT molecular complexity index is 743. The Morgan fingerprint density at radius 1 is 1.17 bits per heavy atom. The summed E-state index contributed by atoms with van der Waals surface area (Å²) < 4.78 is 0. The van der Waals surface area contributed by atoms with Gasteiger partial charge >= 0.3 is 0 Å². The van der Waals surface area contributed by atoms with Crippen LogP contribution in [-0.4, -0.2) is 40.1 Å². The maximum atomic E-state index is 12.6. The highest BCUT2D eigenvalue weighted by molar-refractivity contribution is 5.85. The topological polar surface area (TPSA) is 56.3 Å². The minimum absolute atomic E-state index is 0.0476. The van der Waals surface area contributed by atoms with Crippen LogP contribution in [0.15, 0.2) is 24.3 Å². The highest BCUT2D eigenvalue weighted by atomic mass is 16.3. The summed E-state index contributed by atoms with van der Waals surface area (Å²) in [5, 5.41) is 11.0. The molecule has 4 nitrogen and oxygen atoms in total. The van der Waals surface area contributed by atoms with E-state index in [-0.39, 0.29) is 17.9 Å². The molecule has 4 rings (SSSR count). The summed E-state index contributed by atoms with van der Waals surface area (Å²) in [6.07, 6.45) is 4.07. The highest BCUT2D eigenvalue weighted by Crippen LogP contribution is 2.36. The maximum absolute atomic E-state index is 12.6. The number of carbonyl (C=O) groups is 1. The van der Waals surface area contributed by atoms with Crippen molar-refractivity contribution in [2.24, 2.45) is 5.92 Å². The third-order valence-corrected chi connectivity index (χ3v) is 5.91. The first-order chi connectivity index (χ1) is 11.6. The lowest BCUT2D eigenvalue weighted by Crippen LogP contribution is -2.41. The Hall–Kier alpha value is -1.81. The number of aliphatic hydroxyl groups excluding tert-OH is 1. The molecule has 1 saturated carbocycles. The molecular formula is C20H26N2O2. The molecule has 1 aliphatic carbocycles. The molecule has 2 N–H and O–H groups in total. The van der Waals surface area contributed by atoms with Crippen molar-refractivity contribution in [2.45, 2.75) is 51.0 Å². The molecule has 24 heavy (non-hydrogen) atoms. The second kappa shape index (κ2) is 6.25. The van der Waals surface area contributed by atoms with Crippen LogP contribution in [0.5, 0.6) is 0 Å². The van der Waals surface area contributed by atoms with Crippen LogP contribution in [-0.2, 0) is 4.79 Å². The van der Waals surface area contributed by atoms with Crippen LogP contribution in [0.1, 0.15) is 49.3 Å². The zero-order valence-electron chi connectivity index (χ0n) is 14.3. The van der Waals surface area contributed by atoms with Crippen LogP contribution >= 0.6 is 0 Å². The fourth-order valence-corrected chi connectivity index (χ4v) is 4.65. The van der Waals surface area contributed by atoms with Crippen molar-refractivity contribution in [3.8, 4) is 0 Å². The number of aliphatic hydroxyl groups is 1. The van der Waals surface area contributed by atoms with Gasteiger partial charge in [0.25, 0.3) is 0 Å². The van der Waals surface area contributed by atoms with Gasteiger partial charge in [-0.1, -0.05) is 18.2 Å². The Balaban J connectivity index is 1.46. The average Bonchev–Trinajstić information content (AvgIpc) is 3.17. The molecular weight excluding hydrogens is 300 g/mol. The smallest absolute Gasteiger partial charge is 0.225 e. The van der Waals surface area contributed by atoms with Crippen molar-refractivity contribution in [1.82, 2.24) is 9.88 Å². The molecule has 2 heterocycles. The first-order valence-corrected chi connectivity index (χ1v) is 9.17. The fraction of sp³-hybridized carbons (Fsp3) is 0.550. The van der Waals surface area contributed by atoms with E-state index in [0.717, 1.165) is 38.8 Å². The van der Waals surface area contributed by atoms with Crippen LogP contribution < -0.4 is 0 Å². The maximum Gasteiger partial charge on any atom is 0.225 e. The first kappa shape index (κ1) is 15.7. The molecule has 0 radical (unpaired) electrons. The van der Waals surface area contributed by atoms with E-state index in [1.54, 1.807) is 0 Å². The number of rotatable bonds is 2. The van der Waals surface area contributed by atoms with E-state index in [1.165, 1.54) is 22.2 Å². The zero-order valence-corrected chi connectivity index (χ0v) is 14.3. The minimum Gasteiger partial charge on any atom is -0.393 e. The summed E-state index contributed by atoms with van der Waals surface area (Å²) in [5.41, 5.74) is 3.91. The van der Waals surface area contributed by atoms with Gasteiger partial charge in [-0.3, -0.25) is 4.79 Å². The molecule has 1 aliphatic heterocycles. The molecule has 2 fully saturated rings. The van der Waals surface area contributed by atoms with Gasteiger partial charge in [0, 0.05) is 35.6 Å². The molecule has 1 aromatic heterocycles. The monoisotopic (exact) mass is 326 g/mol. The predicted octanol–water partition coefficient (Wildman–Crippen LogP) is 3.34. The van der Waals surface area contributed by atoms with E-state index in [0.29, 0.717) is 12.3 Å². The SMILES string of the molecule is Cc1[nH]c2ccccc2c1C1CCN(C(=O)[C@@H]2CC[C@@H](O)C2)CC1. The van der Waals surface area contributed by atoms with Gasteiger partial charge in [-0.2, -0.15) is 0 Å². The molecule has 2 aliphatic rings. The summed E-state index contributed by atoms with van der Waals surface area (Å²) in [6, 6.07) is 8.50. The Labute approximate surface area is 142 Å². The van der Waals surface area contributed by atoms with Crippen molar-refractivity contribution in [1.29, 1.82) is 0 Å². The number of amides is 1. The van der Waals surface area contributed by atoms with Gasteiger partial charge in [-0.05, 0) is 56.6 Å². The number of para-hydroxylation sites is 1. The number of aromatic amines is 1. The third kappa shape index (κ3) is 2.73. The average molecular weight is 326 g/mol. The van der Waals surface area contributed by atoms with E-state index in [4.69, 9.17) is 0 Å². The van der Waals surface area contributed by atoms with Crippen molar-refractivity contribution in [3.63, 3.8) is 0 Å². The van der Waals surface area contributed by atoms with Gasteiger partial charge in [-0.15, -0.1) is 0 Å². The number of benzene rings is 1. The van der Waals surface area contributed by atoms with E-state index >= 15 is 0 Å². The predicted molar refractivity (Wildman–Crippen MR) is 94.9 cm³/mol. The number of aromatic nitrogens is 1. The Morgan fingerprint density at radius 2 is 1.92 bits per heavy atom. The molecule has 0 spiro atoms. The molecule has 1 amide bonds. The number of aryl methyl sites for hydroxylation is 1. The summed E-state index contributed by atoms with van der Waals surface area (Å²) >= 11 is 0. The Morgan fingerprint density at radius 3 is 2.62 bits per heavy atom. The van der Waals surface area contributed by atoms with Gasteiger partial charge in [0.15, 0.2) is 0 Å². The van der Waals surface area contributed by atoms with E-state index in [1.807, 2.05) is 4.90 Å². The van der Waals surface area contributed by atoms with Crippen LogP contribution in [0.3, 0.4) is 0 Å². The second-order valence-electron chi connectivity index (χ2n) is 7.47. The highest BCUT2D eigenvalue weighted by Gasteiger charge is 2.34. The quantitative estimate of drug-likeness (QED) is 0.889. The zero-order chi connectivity index (χ0) is 16.7. The molecule has 4 heteroatoms. The van der Waals surface area contributed by atoms with E-state index in [9.17, 15) is 9.90 Å². The van der Waals surface area contributed by atoms with E-state index < -0.39 is 0 Å². The van der Waals surface area contributed by atoms with Crippen molar-refractivity contribution < 1.29 is 9.90 Å². The molecule has 0 unspecified atom stereocenters. The molecule has 1 aromatic carbocycles. The van der Waals surface area contributed by atoms with Gasteiger partial charge < -0.3 is 15.0 Å². The molecule has 0 bridgehead atoms. The number of nitrogens with one attached hydrogen (secondary N) is 1. The number of nitrogens with zero attached hydrogens (tertiary/aromatic N) is 1. The van der Waals surface area contributed by atoms with Crippen molar-refractivity contribution >= 4 is 16.8 Å². The number of piperidine rings is 1. The molecule has 128 valence electrons. The van der Waals surface area contributed by atoms with Gasteiger partial charge in [0.05, 0.1) is 6.10 Å². The van der Waals surface area contributed by atoms with Gasteiger partial charge in [-0.25, -0.2) is 0 Å². The molecule has 2 aromatic rings. The summed E-state index contributed by atoms with van der Waals surface area (Å²) in [6.45, 7) is 3.84. The summed E-state index contributed by atoms with van der Waals surface area (Å²) in [4.78, 5) is 18.2. The van der Waals surface area contributed by atoms with Crippen molar-refractivity contribution in [3.05, 3.63) is 35.5 Å². The van der Waals surface area contributed by atoms with Gasteiger partial charge in [0.1, 0.15) is 0 Å². The number of fused-ring (bicyclic) bond motifs is 1. The molecule has 2 atom stereocenters. The normalized spacial score (nSPS) is 25.5. The van der Waals surface area contributed by atoms with Crippen LogP contribution in [0.25, 0.3) is 10.9 Å².